The van der Waals surface area contributed by atoms with Crippen molar-refractivity contribution < 1.29 is 4.79 Å². The van der Waals surface area contributed by atoms with Crippen LogP contribution >= 0.6 is 12.2 Å². The zero-order valence-electron chi connectivity index (χ0n) is 11.2. The fourth-order valence-corrected chi connectivity index (χ4v) is 2.29. The Morgan fingerprint density at radius 3 is 2.65 bits per heavy atom. The molecule has 0 aromatic heterocycles. The fraction of sp³-hybridized carbons (Fsp3) is 0.833. The van der Waals surface area contributed by atoms with Crippen molar-refractivity contribution in [2.24, 2.45) is 5.92 Å². The predicted octanol–water partition coefficient (Wildman–Crippen LogP) is 1.07. The highest BCUT2D eigenvalue weighted by Crippen LogP contribution is 2.14. The van der Waals surface area contributed by atoms with Gasteiger partial charge in [0.05, 0.1) is 0 Å². The van der Waals surface area contributed by atoms with Crippen LogP contribution in [0.2, 0.25) is 0 Å². The molecule has 0 spiro atoms. The van der Waals surface area contributed by atoms with Gasteiger partial charge in [-0.15, -0.1) is 0 Å². The van der Waals surface area contributed by atoms with Gasteiger partial charge in [-0.05, 0) is 51.6 Å². The summed E-state index contributed by atoms with van der Waals surface area (Å²) >= 11 is 5.21. The second-order valence-electron chi connectivity index (χ2n) is 5.28. The van der Waals surface area contributed by atoms with Crippen molar-refractivity contribution in [3.63, 3.8) is 0 Å². The van der Waals surface area contributed by atoms with Crippen molar-refractivity contribution in [2.75, 3.05) is 27.2 Å². The fourth-order valence-electron chi connectivity index (χ4n) is 1.96. The molecule has 1 N–H and O–H groups in total. The van der Waals surface area contributed by atoms with Crippen LogP contribution in [0.4, 0.5) is 0 Å². The van der Waals surface area contributed by atoms with Crippen LogP contribution in [0.25, 0.3) is 0 Å². The van der Waals surface area contributed by atoms with Gasteiger partial charge < -0.3 is 10.2 Å². The number of thiocarbonyl (C=S) groups is 1. The Morgan fingerprint density at radius 2 is 2.12 bits per heavy atom. The molecule has 1 saturated heterocycles. The maximum absolute atomic E-state index is 12.1. The minimum absolute atomic E-state index is 0.109. The van der Waals surface area contributed by atoms with E-state index in [9.17, 15) is 4.79 Å². The summed E-state index contributed by atoms with van der Waals surface area (Å²) in [5.74, 6) is 0.642. The topological polar surface area (TPSA) is 35.6 Å². The Morgan fingerprint density at radius 1 is 1.47 bits per heavy atom. The number of rotatable bonds is 6. The largest absolute Gasteiger partial charge is 0.350 e. The SMILES string of the molecule is CC(C)CC1NC(=S)N(CCCN(C)C)C1=O. The molecule has 1 atom stereocenters. The number of carbonyl (C=O) groups excluding carboxylic acids is 1. The molecular weight excluding hydrogens is 234 g/mol. The lowest BCUT2D eigenvalue weighted by Gasteiger charge is -2.16. The lowest BCUT2D eigenvalue weighted by molar-refractivity contribution is -0.127. The minimum atomic E-state index is -0.109. The van der Waals surface area contributed by atoms with Crippen LogP contribution in [-0.4, -0.2) is 54.0 Å². The van der Waals surface area contributed by atoms with Gasteiger partial charge in [0.15, 0.2) is 5.11 Å². The van der Waals surface area contributed by atoms with Crippen LogP contribution < -0.4 is 5.32 Å². The minimum Gasteiger partial charge on any atom is -0.350 e. The zero-order valence-corrected chi connectivity index (χ0v) is 12.0. The van der Waals surface area contributed by atoms with Crippen molar-refractivity contribution in [3.8, 4) is 0 Å². The summed E-state index contributed by atoms with van der Waals surface area (Å²) in [5, 5.41) is 3.71. The second-order valence-corrected chi connectivity index (χ2v) is 5.67. The highest BCUT2D eigenvalue weighted by molar-refractivity contribution is 7.80. The average Bonchev–Trinajstić information content (AvgIpc) is 2.44. The number of amides is 1. The van der Waals surface area contributed by atoms with Crippen LogP contribution in [0.3, 0.4) is 0 Å². The Bertz CT molecular complexity index is 291. The first-order valence-electron chi connectivity index (χ1n) is 6.18. The van der Waals surface area contributed by atoms with E-state index in [0.717, 1.165) is 25.9 Å². The molecule has 0 aliphatic carbocycles. The number of carbonyl (C=O) groups is 1. The highest BCUT2D eigenvalue weighted by Gasteiger charge is 2.34. The van der Waals surface area contributed by atoms with Crippen molar-refractivity contribution in [1.29, 1.82) is 0 Å². The lowest BCUT2D eigenvalue weighted by Crippen LogP contribution is -2.34. The van der Waals surface area contributed by atoms with E-state index in [1.165, 1.54) is 0 Å². The van der Waals surface area contributed by atoms with Gasteiger partial charge in [0, 0.05) is 6.54 Å². The molecule has 1 fully saturated rings. The molecule has 1 heterocycles. The summed E-state index contributed by atoms with van der Waals surface area (Å²) in [6.07, 6.45) is 1.80. The van der Waals surface area contributed by atoms with Gasteiger partial charge in [-0.25, -0.2) is 0 Å². The van der Waals surface area contributed by atoms with Crippen LogP contribution in [0.15, 0.2) is 0 Å². The van der Waals surface area contributed by atoms with E-state index in [1.807, 2.05) is 14.1 Å². The van der Waals surface area contributed by atoms with Gasteiger partial charge in [0.2, 0.25) is 0 Å². The molecular formula is C12H23N3OS. The van der Waals surface area contributed by atoms with E-state index in [0.29, 0.717) is 11.0 Å². The van der Waals surface area contributed by atoms with Gasteiger partial charge in [-0.1, -0.05) is 13.8 Å². The van der Waals surface area contributed by atoms with Crippen LogP contribution in [-0.2, 0) is 4.79 Å². The van der Waals surface area contributed by atoms with E-state index in [2.05, 4.69) is 24.1 Å². The van der Waals surface area contributed by atoms with Crippen LogP contribution in [0.1, 0.15) is 26.7 Å². The molecule has 0 radical (unpaired) electrons. The molecule has 4 nitrogen and oxygen atoms in total. The van der Waals surface area contributed by atoms with Gasteiger partial charge in [0.25, 0.3) is 5.91 Å². The Balaban J connectivity index is 2.45. The van der Waals surface area contributed by atoms with Gasteiger partial charge in [0.1, 0.15) is 6.04 Å². The monoisotopic (exact) mass is 257 g/mol. The molecule has 1 amide bonds. The average molecular weight is 257 g/mol. The van der Waals surface area contributed by atoms with E-state index in [4.69, 9.17) is 12.2 Å². The summed E-state index contributed by atoms with van der Waals surface area (Å²) in [6, 6.07) is -0.109. The highest BCUT2D eigenvalue weighted by atomic mass is 32.1. The molecule has 1 rings (SSSR count). The standard InChI is InChI=1S/C12H23N3OS/c1-9(2)8-10-11(16)15(12(17)13-10)7-5-6-14(3)4/h9-10H,5-8H2,1-4H3,(H,13,17). The Labute approximate surface area is 109 Å². The summed E-state index contributed by atoms with van der Waals surface area (Å²) < 4.78 is 0. The van der Waals surface area contributed by atoms with Crippen molar-refractivity contribution in [1.82, 2.24) is 15.1 Å². The third-order valence-corrected chi connectivity index (χ3v) is 3.14. The van der Waals surface area contributed by atoms with E-state index in [-0.39, 0.29) is 11.9 Å². The van der Waals surface area contributed by atoms with Crippen molar-refractivity contribution in [3.05, 3.63) is 0 Å². The molecule has 1 unspecified atom stereocenters. The smallest absolute Gasteiger partial charge is 0.251 e. The van der Waals surface area contributed by atoms with Crippen LogP contribution in [0, 0.1) is 5.92 Å². The molecule has 0 saturated carbocycles. The quantitative estimate of drug-likeness (QED) is 0.722. The van der Waals surface area contributed by atoms with E-state index >= 15 is 0 Å². The number of hydrogen-bond acceptors (Lipinski definition) is 3. The Kier molecular flexibility index (Phi) is 5.33. The summed E-state index contributed by atoms with van der Waals surface area (Å²) in [4.78, 5) is 15.9. The van der Waals surface area contributed by atoms with E-state index < -0.39 is 0 Å². The zero-order chi connectivity index (χ0) is 13.0. The molecule has 5 heteroatoms. The van der Waals surface area contributed by atoms with E-state index in [1.54, 1.807) is 4.90 Å². The first-order valence-corrected chi connectivity index (χ1v) is 6.59. The number of hydrogen-bond donors (Lipinski definition) is 1. The van der Waals surface area contributed by atoms with Crippen molar-refractivity contribution >= 4 is 23.2 Å². The lowest BCUT2D eigenvalue weighted by atomic mass is 10.0. The predicted molar refractivity (Wildman–Crippen MR) is 73.9 cm³/mol. The summed E-state index contributed by atoms with van der Waals surface area (Å²) in [7, 11) is 4.06. The van der Waals surface area contributed by atoms with Gasteiger partial charge in [-0.2, -0.15) is 0 Å². The third kappa shape index (κ3) is 4.24. The molecule has 0 bridgehead atoms. The third-order valence-electron chi connectivity index (χ3n) is 2.80. The molecule has 17 heavy (non-hydrogen) atoms. The number of nitrogens with one attached hydrogen (secondary N) is 1. The maximum Gasteiger partial charge on any atom is 0.251 e. The maximum atomic E-state index is 12.1. The first kappa shape index (κ1) is 14.4. The molecule has 1 aliphatic rings. The van der Waals surface area contributed by atoms with Crippen LogP contribution in [0.5, 0.6) is 0 Å². The molecule has 98 valence electrons. The summed E-state index contributed by atoms with van der Waals surface area (Å²) in [5.41, 5.74) is 0. The molecule has 0 aromatic carbocycles. The normalized spacial score (nSPS) is 20.6. The molecule has 0 aromatic rings. The Hall–Kier alpha value is -0.680. The van der Waals surface area contributed by atoms with Gasteiger partial charge in [-0.3, -0.25) is 9.69 Å². The van der Waals surface area contributed by atoms with Crippen molar-refractivity contribution in [2.45, 2.75) is 32.7 Å². The number of nitrogens with zero attached hydrogens (tertiary/aromatic N) is 2. The molecule has 1 aliphatic heterocycles. The summed E-state index contributed by atoms with van der Waals surface area (Å²) in [6.45, 7) is 5.93. The van der Waals surface area contributed by atoms with Gasteiger partial charge >= 0.3 is 0 Å². The first-order chi connectivity index (χ1) is 7.91. The second kappa shape index (κ2) is 6.31.